The highest BCUT2D eigenvalue weighted by molar-refractivity contribution is 14.1. The van der Waals surface area contributed by atoms with Crippen LogP contribution in [0.3, 0.4) is 0 Å². The third-order valence-electron chi connectivity index (χ3n) is 2.79. The molecule has 0 N–H and O–H groups in total. The van der Waals surface area contributed by atoms with Crippen molar-refractivity contribution < 1.29 is 0 Å². The molecule has 0 unspecified atom stereocenters. The molecule has 0 fully saturated rings. The van der Waals surface area contributed by atoms with Crippen LogP contribution in [-0.4, -0.2) is 18.8 Å². The Kier molecular flexibility index (Phi) is 4.32. The van der Waals surface area contributed by atoms with Gasteiger partial charge in [0.15, 0.2) is 0 Å². The summed E-state index contributed by atoms with van der Waals surface area (Å²) in [5.74, 6) is 0. The topological polar surface area (TPSA) is 34.6 Å². The molecular weight excluding hydrogens is 422 g/mol. The molecule has 0 spiro atoms. The molecule has 0 aromatic carbocycles. The largest absolute Gasteiger partial charge is 0.307 e. The predicted molar refractivity (Wildman–Crippen MR) is 93.1 cm³/mol. The third-order valence-corrected chi connectivity index (χ3v) is 4.06. The zero-order valence-corrected chi connectivity index (χ0v) is 14.3. The minimum atomic E-state index is 0.721. The standard InChI is InChI=1S/C7H4ClIN2.C7H5ClN2/c8-5-1-2-11-6(9)4-10-7(11)3-5;8-6-1-3-10-4-2-9-7(10)5-6/h1-4H;1-5H. The fraction of sp³-hybridized carbons (Fsp3) is 0. The van der Waals surface area contributed by atoms with Gasteiger partial charge in [0.1, 0.15) is 15.0 Å². The van der Waals surface area contributed by atoms with Crippen LogP contribution in [0.2, 0.25) is 10.0 Å². The summed E-state index contributed by atoms with van der Waals surface area (Å²) in [5, 5.41) is 1.44. The van der Waals surface area contributed by atoms with E-state index in [1.165, 1.54) is 0 Å². The fourth-order valence-corrected chi connectivity index (χ4v) is 2.67. The highest BCUT2D eigenvalue weighted by Crippen LogP contribution is 2.14. The average molecular weight is 431 g/mol. The van der Waals surface area contributed by atoms with E-state index in [4.69, 9.17) is 23.2 Å². The summed E-state index contributed by atoms with van der Waals surface area (Å²) in [4.78, 5) is 8.21. The lowest BCUT2D eigenvalue weighted by Gasteiger charge is -1.93. The minimum absolute atomic E-state index is 0.721. The van der Waals surface area contributed by atoms with Gasteiger partial charge in [-0.15, -0.1) is 0 Å². The van der Waals surface area contributed by atoms with Gasteiger partial charge in [-0.25, -0.2) is 9.97 Å². The van der Waals surface area contributed by atoms with Gasteiger partial charge in [0.25, 0.3) is 0 Å². The van der Waals surface area contributed by atoms with Gasteiger partial charge in [0.05, 0.1) is 6.20 Å². The lowest BCUT2D eigenvalue weighted by molar-refractivity contribution is 1.15. The summed E-state index contributed by atoms with van der Waals surface area (Å²) in [6.07, 6.45) is 9.22. The number of hydrogen-bond donors (Lipinski definition) is 0. The van der Waals surface area contributed by atoms with Gasteiger partial charge >= 0.3 is 0 Å². The van der Waals surface area contributed by atoms with Crippen molar-refractivity contribution in [1.82, 2.24) is 18.8 Å². The van der Waals surface area contributed by atoms with Crippen LogP contribution in [0.1, 0.15) is 0 Å². The number of imidazole rings is 2. The Morgan fingerprint density at radius 2 is 1.62 bits per heavy atom. The molecule has 21 heavy (non-hydrogen) atoms. The first-order valence-electron chi connectivity index (χ1n) is 6.00. The number of aromatic nitrogens is 4. The SMILES string of the molecule is Clc1ccn2c(I)cnc2c1.Clc1ccn2ccnc2c1. The third kappa shape index (κ3) is 3.30. The van der Waals surface area contributed by atoms with E-state index in [-0.39, 0.29) is 0 Å². The van der Waals surface area contributed by atoms with Crippen molar-refractivity contribution in [2.24, 2.45) is 0 Å². The molecular formula is C14H9Cl2IN4. The predicted octanol–water partition coefficient (Wildman–Crippen LogP) is 4.58. The van der Waals surface area contributed by atoms with Crippen LogP contribution < -0.4 is 0 Å². The molecule has 0 bridgehead atoms. The lowest BCUT2D eigenvalue weighted by atomic mass is 10.5. The lowest BCUT2D eigenvalue weighted by Crippen LogP contribution is -1.84. The monoisotopic (exact) mass is 430 g/mol. The Morgan fingerprint density at radius 3 is 2.43 bits per heavy atom. The zero-order valence-electron chi connectivity index (χ0n) is 10.6. The number of rotatable bonds is 0. The summed E-state index contributed by atoms with van der Waals surface area (Å²) in [7, 11) is 0. The number of nitrogens with zero attached hydrogens (tertiary/aromatic N) is 4. The maximum absolute atomic E-state index is 5.77. The van der Waals surface area contributed by atoms with Crippen LogP contribution in [0.5, 0.6) is 0 Å². The maximum Gasteiger partial charge on any atom is 0.139 e. The first kappa shape index (κ1) is 14.6. The second-order valence-electron chi connectivity index (χ2n) is 4.19. The Hall–Kier alpha value is -1.31. The molecule has 0 amide bonds. The highest BCUT2D eigenvalue weighted by atomic mass is 127. The molecule has 0 radical (unpaired) electrons. The number of hydrogen-bond acceptors (Lipinski definition) is 2. The smallest absolute Gasteiger partial charge is 0.139 e. The van der Waals surface area contributed by atoms with Crippen LogP contribution in [0, 0.1) is 3.70 Å². The first-order chi connectivity index (χ1) is 10.1. The van der Waals surface area contributed by atoms with E-state index in [2.05, 4.69) is 32.6 Å². The van der Waals surface area contributed by atoms with Gasteiger partial charge in [-0.3, -0.25) is 4.40 Å². The number of fused-ring (bicyclic) bond motifs is 2. The van der Waals surface area contributed by atoms with E-state index in [0.29, 0.717) is 0 Å². The zero-order chi connectivity index (χ0) is 14.8. The highest BCUT2D eigenvalue weighted by Gasteiger charge is 1.98. The second kappa shape index (κ2) is 6.21. The van der Waals surface area contributed by atoms with Gasteiger partial charge in [0.2, 0.25) is 0 Å². The van der Waals surface area contributed by atoms with E-state index in [0.717, 1.165) is 25.0 Å². The maximum atomic E-state index is 5.77. The average Bonchev–Trinajstić information content (AvgIpc) is 3.06. The van der Waals surface area contributed by atoms with E-state index in [1.807, 2.05) is 57.9 Å². The van der Waals surface area contributed by atoms with E-state index < -0.39 is 0 Å². The molecule has 0 atom stereocenters. The Morgan fingerprint density at radius 1 is 0.905 bits per heavy atom. The van der Waals surface area contributed by atoms with E-state index in [9.17, 15) is 0 Å². The molecule has 7 heteroatoms. The molecule has 4 rings (SSSR count). The molecule has 4 aromatic rings. The van der Waals surface area contributed by atoms with Gasteiger partial charge in [-0.1, -0.05) is 23.2 Å². The van der Waals surface area contributed by atoms with Gasteiger partial charge < -0.3 is 4.40 Å². The quantitative estimate of drug-likeness (QED) is 0.382. The van der Waals surface area contributed by atoms with Crippen molar-refractivity contribution in [3.63, 3.8) is 0 Å². The summed E-state index contributed by atoms with van der Waals surface area (Å²) in [6, 6.07) is 7.33. The van der Waals surface area contributed by atoms with Crippen LogP contribution in [-0.2, 0) is 0 Å². The van der Waals surface area contributed by atoms with Crippen LogP contribution in [0.25, 0.3) is 11.3 Å². The summed E-state index contributed by atoms with van der Waals surface area (Å²) in [5.41, 5.74) is 1.77. The van der Waals surface area contributed by atoms with Crippen LogP contribution in [0.4, 0.5) is 0 Å². The van der Waals surface area contributed by atoms with E-state index in [1.54, 1.807) is 6.20 Å². The molecule has 4 heterocycles. The molecule has 0 aliphatic carbocycles. The molecule has 0 aliphatic heterocycles. The Bertz CT molecular complexity index is 900. The summed E-state index contributed by atoms with van der Waals surface area (Å²) in [6.45, 7) is 0. The van der Waals surface area contributed by atoms with E-state index >= 15 is 0 Å². The number of halogens is 3. The normalized spacial score (nSPS) is 10.6. The Labute approximate surface area is 144 Å². The van der Waals surface area contributed by atoms with Crippen LogP contribution in [0.15, 0.2) is 55.2 Å². The van der Waals surface area contributed by atoms with Crippen molar-refractivity contribution >= 4 is 57.1 Å². The summed E-state index contributed by atoms with van der Waals surface area (Å²) < 4.78 is 4.98. The molecule has 4 nitrogen and oxygen atoms in total. The Balaban J connectivity index is 0.000000126. The molecule has 0 saturated heterocycles. The van der Waals surface area contributed by atoms with Crippen molar-refractivity contribution in [3.05, 3.63) is 69.0 Å². The molecule has 4 aromatic heterocycles. The van der Waals surface area contributed by atoms with Crippen LogP contribution >= 0.6 is 45.8 Å². The molecule has 0 aliphatic rings. The first-order valence-corrected chi connectivity index (χ1v) is 7.83. The fourth-order valence-electron chi connectivity index (χ4n) is 1.81. The van der Waals surface area contributed by atoms with Crippen molar-refractivity contribution in [1.29, 1.82) is 0 Å². The minimum Gasteiger partial charge on any atom is -0.307 e. The number of pyridine rings is 2. The van der Waals surface area contributed by atoms with Crippen molar-refractivity contribution in [2.75, 3.05) is 0 Å². The van der Waals surface area contributed by atoms with Crippen molar-refractivity contribution in [2.45, 2.75) is 0 Å². The molecule has 106 valence electrons. The van der Waals surface area contributed by atoms with Gasteiger partial charge in [0, 0.05) is 40.9 Å². The van der Waals surface area contributed by atoms with Gasteiger partial charge in [-0.05, 0) is 40.8 Å². The molecule has 0 saturated carbocycles. The second-order valence-corrected chi connectivity index (χ2v) is 6.17. The summed E-state index contributed by atoms with van der Waals surface area (Å²) >= 11 is 13.7. The van der Waals surface area contributed by atoms with Crippen molar-refractivity contribution in [3.8, 4) is 0 Å². The van der Waals surface area contributed by atoms with Gasteiger partial charge in [-0.2, -0.15) is 0 Å².